The van der Waals surface area contributed by atoms with E-state index in [9.17, 15) is 9.59 Å². The topological polar surface area (TPSA) is 55.2 Å². The molecule has 1 amide bonds. The number of carbonyl (C=O) groups excluding carboxylic acids is 1. The number of carbonyl (C=O) groups is 1. The zero-order valence-corrected chi connectivity index (χ0v) is 17.7. The van der Waals surface area contributed by atoms with Crippen LogP contribution in [0, 0.1) is 13.8 Å². The molecule has 0 atom stereocenters. The van der Waals surface area contributed by atoms with E-state index in [0.717, 1.165) is 42.7 Å². The number of amides is 1. The predicted molar refractivity (Wildman–Crippen MR) is 118 cm³/mol. The van der Waals surface area contributed by atoms with Crippen LogP contribution < -0.4 is 5.56 Å². The molecule has 2 heterocycles. The van der Waals surface area contributed by atoms with Crippen LogP contribution in [-0.4, -0.2) is 39.2 Å². The molecule has 29 heavy (non-hydrogen) atoms. The highest BCUT2D eigenvalue weighted by Gasteiger charge is 2.19. The molecule has 6 heteroatoms. The lowest BCUT2D eigenvalue weighted by Crippen LogP contribution is -2.36. The Kier molecular flexibility index (Phi) is 5.72. The van der Waals surface area contributed by atoms with Gasteiger partial charge in [-0.25, -0.2) is 4.98 Å². The molecule has 3 aromatic rings. The normalized spacial score (nSPS) is 14.3. The number of piperidine rings is 1. The van der Waals surface area contributed by atoms with Crippen molar-refractivity contribution >= 4 is 28.6 Å². The Labute approximate surface area is 174 Å². The lowest BCUT2D eigenvalue weighted by Gasteiger charge is -2.26. The van der Waals surface area contributed by atoms with Crippen molar-refractivity contribution in [3.05, 3.63) is 63.9 Å². The van der Waals surface area contributed by atoms with Crippen molar-refractivity contribution < 1.29 is 4.79 Å². The molecule has 1 saturated heterocycles. The molecule has 0 aliphatic carbocycles. The minimum absolute atomic E-state index is 0.103. The highest BCUT2D eigenvalue weighted by Crippen LogP contribution is 2.23. The van der Waals surface area contributed by atoms with Gasteiger partial charge in [-0.2, -0.15) is 0 Å². The number of thioether (sulfide) groups is 1. The van der Waals surface area contributed by atoms with E-state index >= 15 is 0 Å². The van der Waals surface area contributed by atoms with Crippen molar-refractivity contribution in [3.8, 4) is 5.69 Å². The number of rotatable bonds is 4. The Bertz CT molecular complexity index is 1100. The monoisotopic (exact) mass is 407 g/mol. The average molecular weight is 408 g/mol. The third-order valence-electron chi connectivity index (χ3n) is 5.24. The number of para-hydroxylation sites is 1. The zero-order chi connectivity index (χ0) is 20.4. The maximum Gasteiger partial charge on any atom is 0.266 e. The molecule has 1 fully saturated rings. The van der Waals surface area contributed by atoms with Gasteiger partial charge in [0.05, 0.1) is 22.3 Å². The minimum atomic E-state index is -0.103. The fourth-order valence-electron chi connectivity index (χ4n) is 3.88. The van der Waals surface area contributed by atoms with Gasteiger partial charge in [-0.1, -0.05) is 30.0 Å². The van der Waals surface area contributed by atoms with E-state index in [1.807, 2.05) is 49.1 Å². The lowest BCUT2D eigenvalue weighted by atomic mass is 10.1. The summed E-state index contributed by atoms with van der Waals surface area (Å²) in [6.07, 6.45) is 3.32. The summed E-state index contributed by atoms with van der Waals surface area (Å²) < 4.78 is 1.65. The first-order valence-corrected chi connectivity index (χ1v) is 11.0. The third kappa shape index (κ3) is 4.22. The second-order valence-electron chi connectivity index (χ2n) is 7.63. The maximum atomic E-state index is 13.3. The fraction of sp³-hybridized carbons (Fsp3) is 0.348. The van der Waals surface area contributed by atoms with Crippen molar-refractivity contribution in [1.82, 2.24) is 14.5 Å². The maximum absolute atomic E-state index is 13.3. The molecule has 0 unspecified atom stereocenters. The van der Waals surface area contributed by atoms with Crippen molar-refractivity contribution in [1.29, 1.82) is 0 Å². The molecule has 0 bridgehead atoms. The van der Waals surface area contributed by atoms with E-state index in [-0.39, 0.29) is 17.2 Å². The number of fused-ring (bicyclic) bond motifs is 1. The Morgan fingerprint density at radius 3 is 2.45 bits per heavy atom. The molecule has 0 N–H and O–H groups in total. The molecule has 4 rings (SSSR count). The Hall–Kier alpha value is -2.60. The summed E-state index contributed by atoms with van der Waals surface area (Å²) in [5.41, 5.74) is 3.51. The van der Waals surface area contributed by atoms with Gasteiger partial charge in [0.1, 0.15) is 0 Å². The third-order valence-corrected chi connectivity index (χ3v) is 6.17. The van der Waals surface area contributed by atoms with E-state index in [1.54, 1.807) is 10.6 Å². The first-order chi connectivity index (χ1) is 14.0. The van der Waals surface area contributed by atoms with Crippen LogP contribution in [0.1, 0.15) is 30.4 Å². The van der Waals surface area contributed by atoms with Crippen molar-refractivity contribution in [2.45, 2.75) is 38.3 Å². The van der Waals surface area contributed by atoms with Crippen molar-refractivity contribution in [3.63, 3.8) is 0 Å². The first-order valence-electron chi connectivity index (χ1n) is 10.0. The molecular formula is C23H25N3O2S. The summed E-state index contributed by atoms with van der Waals surface area (Å²) in [4.78, 5) is 32.7. The SMILES string of the molecule is Cc1cc(C)cc(-n2c(SCC(=O)N3CCCCC3)nc3ccccc3c2=O)c1. The van der Waals surface area contributed by atoms with Crippen LogP contribution in [0.25, 0.3) is 16.6 Å². The van der Waals surface area contributed by atoms with Crippen LogP contribution in [0.15, 0.2) is 52.4 Å². The lowest BCUT2D eigenvalue weighted by molar-refractivity contribution is -0.129. The van der Waals surface area contributed by atoms with Crippen LogP contribution >= 0.6 is 11.8 Å². The molecule has 2 aromatic carbocycles. The quantitative estimate of drug-likeness (QED) is 0.482. The number of benzene rings is 2. The second-order valence-corrected chi connectivity index (χ2v) is 8.57. The van der Waals surface area contributed by atoms with Crippen LogP contribution in [-0.2, 0) is 4.79 Å². The minimum Gasteiger partial charge on any atom is -0.342 e. The van der Waals surface area contributed by atoms with Gasteiger partial charge >= 0.3 is 0 Å². The summed E-state index contributed by atoms with van der Waals surface area (Å²) in [7, 11) is 0. The van der Waals surface area contributed by atoms with Gasteiger partial charge < -0.3 is 4.90 Å². The number of nitrogens with zero attached hydrogens (tertiary/aromatic N) is 3. The Balaban J connectivity index is 1.75. The Morgan fingerprint density at radius 1 is 1.03 bits per heavy atom. The molecule has 0 radical (unpaired) electrons. The highest BCUT2D eigenvalue weighted by atomic mass is 32.2. The summed E-state index contributed by atoms with van der Waals surface area (Å²) >= 11 is 1.35. The van der Waals surface area contributed by atoms with E-state index in [0.29, 0.717) is 16.1 Å². The van der Waals surface area contributed by atoms with Gasteiger partial charge in [0.15, 0.2) is 5.16 Å². The van der Waals surface area contributed by atoms with E-state index in [4.69, 9.17) is 4.98 Å². The Morgan fingerprint density at radius 2 is 1.72 bits per heavy atom. The van der Waals surface area contributed by atoms with Crippen LogP contribution in [0.2, 0.25) is 0 Å². The molecule has 1 aliphatic heterocycles. The molecule has 0 spiro atoms. The average Bonchev–Trinajstić information content (AvgIpc) is 2.72. The van der Waals surface area contributed by atoms with E-state index in [1.165, 1.54) is 18.2 Å². The summed E-state index contributed by atoms with van der Waals surface area (Å²) in [5.74, 6) is 0.402. The second kappa shape index (κ2) is 8.41. The molecule has 150 valence electrons. The van der Waals surface area contributed by atoms with E-state index in [2.05, 4.69) is 6.07 Å². The van der Waals surface area contributed by atoms with Gasteiger partial charge in [0, 0.05) is 13.1 Å². The van der Waals surface area contributed by atoms with Crippen LogP contribution in [0.5, 0.6) is 0 Å². The van der Waals surface area contributed by atoms with Crippen LogP contribution in [0.3, 0.4) is 0 Å². The molecular weight excluding hydrogens is 382 g/mol. The van der Waals surface area contributed by atoms with Gasteiger partial charge in [-0.05, 0) is 68.5 Å². The molecule has 0 saturated carbocycles. The number of likely N-dealkylation sites (tertiary alicyclic amines) is 1. The summed E-state index contributed by atoms with van der Waals surface area (Å²) in [6, 6.07) is 13.4. The predicted octanol–water partition coefficient (Wildman–Crippen LogP) is 4.11. The first kappa shape index (κ1) is 19.7. The van der Waals surface area contributed by atoms with E-state index < -0.39 is 0 Å². The molecule has 5 nitrogen and oxygen atoms in total. The van der Waals surface area contributed by atoms with Gasteiger partial charge in [0.25, 0.3) is 5.56 Å². The standard InChI is InChI=1S/C23H25N3O2S/c1-16-12-17(2)14-18(13-16)26-22(28)19-8-4-5-9-20(19)24-23(26)29-15-21(27)25-10-6-3-7-11-25/h4-5,8-9,12-14H,3,6-7,10-11,15H2,1-2H3. The fourth-order valence-corrected chi connectivity index (χ4v) is 4.79. The van der Waals surface area contributed by atoms with Crippen LogP contribution in [0.4, 0.5) is 0 Å². The smallest absolute Gasteiger partial charge is 0.266 e. The molecule has 1 aromatic heterocycles. The van der Waals surface area contributed by atoms with Gasteiger partial charge in [0.2, 0.25) is 5.91 Å². The molecule has 1 aliphatic rings. The van der Waals surface area contributed by atoms with Gasteiger partial charge in [-0.3, -0.25) is 14.2 Å². The van der Waals surface area contributed by atoms with Gasteiger partial charge in [-0.15, -0.1) is 0 Å². The highest BCUT2D eigenvalue weighted by molar-refractivity contribution is 7.99. The summed E-state index contributed by atoms with van der Waals surface area (Å²) in [5, 5.41) is 1.14. The largest absolute Gasteiger partial charge is 0.342 e. The number of hydrogen-bond donors (Lipinski definition) is 0. The zero-order valence-electron chi connectivity index (χ0n) is 16.9. The van der Waals surface area contributed by atoms with Crippen molar-refractivity contribution in [2.24, 2.45) is 0 Å². The van der Waals surface area contributed by atoms with Crippen molar-refractivity contribution in [2.75, 3.05) is 18.8 Å². The number of hydrogen-bond acceptors (Lipinski definition) is 4. The number of aryl methyl sites for hydroxylation is 2. The number of aromatic nitrogens is 2. The summed E-state index contributed by atoms with van der Waals surface area (Å²) in [6.45, 7) is 5.69.